The van der Waals surface area contributed by atoms with E-state index in [1.165, 1.54) is 31.5 Å². The van der Waals surface area contributed by atoms with Crippen LogP contribution in [0.1, 0.15) is 18.4 Å². The SMILES string of the molecule is Cc1ccc(OCCN2CCC(I)CC2)cc1. The standard InChI is InChI=1S/C14H20INO/c1-12-2-4-14(5-3-12)17-11-10-16-8-6-13(15)7-9-16/h2-5,13H,6-11H2,1H3. The van der Waals surface area contributed by atoms with Crippen molar-refractivity contribution in [1.29, 1.82) is 0 Å². The van der Waals surface area contributed by atoms with Crippen LogP contribution in [-0.2, 0) is 0 Å². The number of hydrogen-bond acceptors (Lipinski definition) is 2. The van der Waals surface area contributed by atoms with Gasteiger partial charge in [-0.15, -0.1) is 0 Å². The second kappa shape index (κ2) is 6.59. The molecular weight excluding hydrogens is 325 g/mol. The van der Waals surface area contributed by atoms with E-state index in [2.05, 4.69) is 46.5 Å². The van der Waals surface area contributed by atoms with Crippen LogP contribution in [0.4, 0.5) is 0 Å². The molecule has 0 unspecified atom stereocenters. The van der Waals surface area contributed by atoms with Gasteiger partial charge in [-0.1, -0.05) is 40.3 Å². The Morgan fingerprint density at radius 3 is 2.53 bits per heavy atom. The summed E-state index contributed by atoms with van der Waals surface area (Å²) in [5.74, 6) is 0.986. The minimum Gasteiger partial charge on any atom is -0.492 e. The van der Waals surface area contributed by atoms with E-state index in [-0.39, 0.29) is 0 Å². The highest BCUT2D eigenvalue weighted by Crippen LogP contribution is 2.17. The lowest BCUT2D eigenvalue weighted by atomic mass is 10.1. The average Bonchev–Trinajstić information content (AvgIpc) is 2.34. The van der Waals surface area contributed by atoms with Crippen LogP contribution in [0.2, 0.25) is 0 Å². The van der Waals surface area contributed by atoms with Crippen LogP contribution in [0.15, 0.2) is 24.3 Å². The van der Waals surface area contributed by atoms with Crippen LogP contribution in [0.5, 0.6) is 5.75 Å². The van der Waals surface area contributed by atoms with Gasteiger partial charge in [0.2, 0.25) is 0 Å². The Balaban J connectivity index is 1.67. The summed E-state index contributed by atoms with van der Waals surface area (Å²) < 4.78 is 6.62. The molecule has 1 aliphatic rings. The first-order valence-corrected chi connectivity index (χ1v) is 7.54. The number of nitrogens with zero attached hydrogens (tertiary/aromatic N) is 1. The molecule has 1 heterocycles. The average molecular weight is 345 g/mol. The lowest BCUT2D eigenvalue weighted by molar-refractivity contribution is 0.187. The van der Waals surface area contributed by atoms with Crippen LogP contribution >= 0.6 is 22.6 Å². The normalized spacial score (nSPS) is 18.2. The van der Waals surface area contributed by atoms with Crippen LogP contribution in [0.25, 0.3) is 0 Å². The van der Waals surface area contributed by atoms with Crippen molar-refractivity contribution in [1.82, 2.24) is 4.90 Å². The van der Waals surface area contributed by atoms with Crippen LogP contribution < -0.4 is 4.74 Å². The molecule has 1 aromatic carbocycles. The first-order valence-electron chi connectivity index (χ1n) is 6.30. The number of alkyl halides is 1. The molecule has 2 rings (SSSR count). The van der Waals surface area contributed by atoms with Gasteiger partial charge >= 0.3 is 0 Å². The van der Waals surface area contributed by atoms with Gasteiger partial charge in [-0.3, -0.25) is 4.90 Å². The molecule has 0 amide bonds. The van der Waals surface area contributed by atoms with Crippen molar-refractivity contribution in [3.8, 4) is 5.75 Å². The van der Waals surface area contributed by atoms with E-state index in [0.717, 1.165) is 22.8 Å². The molecule has 1 fully saturated rings. The minimum atomic E-state index is 0.801. The molecule has 2 nitrogen and oxygen atoms in total. The molecule has 0 radical (unpaired) electrons. The molecule has 1 aliphatic heterocycles. The molecule has 1 saturated heterocycles. The summed E-state index contributed by atoms with van der Waals surface area (Å²) >= 11 is 2.56. The summed E-state index contributed by atoms with van der Waals surface area (Å²) in [5, 5.41) is 0. The Morgan fingerprint density at radius 2 is 1.88 bits per heavy atom. The zero-order valence-electron chi connectivity index (χ0n) is 10.4. The van der Waals surface area contributed by atoms with Crippen molar-refractivity contribution < 1.29 is 4.74 Å². The van der Waals surface area contributed by atoms with Crippen molar-refractivity contribution >= 4 is 22.6 Å². The molecular formula is C14H20INO. The van der Waals surface area contributed by atoms with Gasteiger partial charge in [0.05, 0.1) is 0 Å². The van der Waals surface area contributed by atoms with Gasteiger partial charge in [-0.05, 0) is 45.0 Å². The molecule has 17 heavy (non-hydrogen) atoms. The van der Waals surface area contributed by atoms with Gasteiger partial charge < -0.3 is 4.74 Å². The summed E-state index contributed by atoms with van der Waals surface area (Å²) in [4.78, 5) is 2.50. The number of piperidine rings is 1. The summed E-state index contributed by atoms with van der Waals surface area (Å²) in [5.41, 5.74) is 1.28. The van der Waals surface area contributed by atoms with E-state index in [0.29, 0.717) is 0 Å². The quantitative estimate of drug-likeness (QED) is 0.614. The van der Waals surface area contributed by atoms with Gasteiger partial charge in [0, 0.05) is 10.5 Å². The van der Waals surface area contributed by atoms with E-state index in [4.69, 9.17) is 4.74 Å². The van der Waals surface area contributed by atoms with Gasteiger partial charge in [-0.2, -0.15) is 0 Å². The number of benzene rings is 1. The van der Waals surface area contributed by atoms with Gasteiger partial charge in [0.25, 0.3) is 0 Å². The fraction of sp³-hybridized carbons (Fsp3) is 0.571. The Morgan fingerprint density at radius 1 is 1.24 bits per heavy atom. The number of likely N-dealkylation sites (tertiary alicyclic amines) is 1. The Bertz CT molecular complexity index is 331. The topological polar surface area (TPSA) is 12.5 Å². The number of rotatable bonds is 4. The Kier molecular flexibility index (Phi) is 5.10. The fourth-order valence-corrected chi connectivity index (χ4v) is 2.61. The van der Waals surface area contributed by atoms with Crippen molar-refractivity contribution in [2.75, 3.05) is 26.2 Å². The third-order valence-electron chi connectivity index (χ3n) is 3.21. The predicted molar refractivity (Wildman–Crippen MR) is 80.2 cm³/mol. The highest BCUT2D eigenvalue weighted by atomic mass is 127. The third-order valence-corrected chi connectivity index (χ3v) is 4.46. The summed E-state index contributed by atoms with van der Waals surface area (Å²) in [6.45, 7) is 6.40. The van der Waals surface area contributed by atoms with E-state index in [1.54, 1.807) is 0 Å². The second-order valence-corrected chi connectivity index (χ2v) is 6.44. The van der Waals surface area contributed by atoms with Crippen LogP contribution in [0.3, 0.4) is 0 Å². The Hall–Kier alpha value is -0.290. The van der Waals surface area contributed by atoms with Gasteiger partial charge in [0.1, 0.15) is 12.4 Å². The molecule has 94 valence electrons. The highest BCUT2D eigenvalue weighted by Gasteiger charge is 2.15. The van der Waals surface area contributed by atoms with Gasteiger partial charge in [0.15, 0.2) is 0 Å². The van der Waals surface area contributed by atoms with Crippen LogP contribution in [-0.4, -0.2) is 35.1 Å². The largest absolute Gasteiger partial charge is 0.492 e. The summed E-state index contributed by atoms with van der Waals surface area (Å²) in [7, 11) is 0. The van der Waals surface area contributed by atoms with Crippen molar-refractivity contribution in [2.24, 2.45) is 0 Å². The van der Waals surface area contributed by atoms with Gasteiger partial charge in [-0.25, -0.2) is 0 Å². The molecule has 0 N–H and O–H groups in total. The first-order chi connectivity index (χ1) is 8.24. The van der Waals surface area contributed by atoms with E-state index in [9.17, 15) is 0 Å². The number of ether oxygens (including phenoxy) is 1. The molecule has 0 aromatic heterocycles. The van der Waals surface area contributed by atoms with Crippen molar-refractivity contribution in [3.63, 3.8) is 0 Å². The zero-order valence-corrected chi connectivity index (χ0v) is 12.5. The highest BCUT2D eigenvalue weighted by molar-refractivity contribution is 14.1. The van der Waals surface area contributed by atoms with Crippen LogP contribution in [0, 0.1) is 6.92 Å². The molecule has 1 aromatic rings. The number of aryl methyl sites for hydroxylation is 1. The molecule has 0 spiro atoms. The summed E-state index contributed by atoms with van der Waals surface area (Å²) in [6, 6.07) is 8.28. The minimum absolute atomic E-state index is 0.801. The van der Waals surface area contributed by atoms with Crippen molar-refractivity contribution in [2.45, 2.75) is 23.7 Å². The zero-order chi connectivity index (χ0) is 12.1. The second-order valence-electron chi connectivity index (χ2n) is 4.68. The maximum atomic E-state index is 5.75. The molecule has 0 atom stereocenters. The first kappa shape index (κ1) is 13.1. The maximum Gasteiger partial charge on any atom is 0.119 e. The van der Waals surface area contributed by atoms with E-state index in [1.807, 2.05) is 12.1 Å². The molecule has 0 bridgehead atoms. The lowest BCUT2D eigenvalue weighted by Gasteiger charge is -2.29. The molecule has 3 heteroatoms. The third kappa shape index (κ3) is 4.47. The summed E-state index contributed by atoms with van der Waals surface area (Å²) in [6.07, 6.45) is 2.65. The van der Waals surface area contributed by atoms with Crippen molar-refractivity contribution in [3.05, 3.63) is 29.8 Å². The lowest BCUT2D eigenvalue weighted by Crippen LogP contribution is -2.36. The smallest absolute Gasteiger partial charge is 0.119 e. The number of halogens is 1. The number of hydrogen-bond donors (Lipinski definition) is 0. The fourth-order valence-electron chi connectivity index (χ4n) is 2.05. The predicted octanol–water partition coefficient (Wildman–Crippen LogP) is 3.27. The maximum absolute atomic E-state index is 5.75. The van der Waals surface area contributed by atoms with E-state index >= 15 is 0 Å². The molecule has 0 aliphatic carbocycles. The molecule has 0 saturated carbocycles. The van der Waals surface area contributed by atoms with E-state index < -0.39 is 0 Å². The Labute approximate surface area is 117 Å². The monoisotopic (exact) mass is 345 g/mol.